The van der Waals surface area contributed by atoms with Gasteiger partial charge in [0.15, 0.2) is 5.58 Å². The van der Waals surface area contributed by atoms with Crippen LogP contribution in [0.4, 0.5) is 5.69 Å². The van der Waals surface area contributed by atoms with Gasteiger partial charge in [0.25, 0.3) is 0 Å². The topological polar surface area (TPSA) is 47.2 Å². The van der Waals surface area contributed by atoms with E-state index >= 15 is 0 Å². The van der Waals surface area contributed by atoms with E-state index in [-0.39, 0.29) is 5.76 Å². The van der Waals surface area contributed by atoms with Gasteiger partial charge in [0, 0.05) is 18.8 Å². The summed E-state index contributed by atoms with van der Waals surface area (Å²) in [7, 11) is 1.70. The van der Waals surface area contributed by atoms with Gasteiger partial charge in [-0.25, -0.2) is 4.79 Å². The van der Waals surface area contributed by atoms with Gasteiger partial charge in [-0.3, -0.25) is 4.57 Å². The maximum atomic E-state index is 11.2. The molecule has 1 heterocycles. The Labute approximate surface area is 87.5 Å². The van der Waals surface area contributed by atoms with Crippen molar-refractivity contribution in [1.29, 1.82) is 0 Å². The lowest BCUT2D eigenvalue weighted by atomic mass is 10.2. The Morgan fingerprint density at radius 3 is 2.80 bits per heavy atom. The van der Waals surface area contributed by atoms with Crippen LogP contribution in [0.3, 0.4) is 0 Å². The SMILES string of the molecule is CC(C)Nc1ccc2oc(=O)n(C)c2c1. The van der Waals surface area contributed by atoms with Crippen molar-refractivity contribution in [3.05, 3.63) is 28.7 Å². The number of aromatic nitrogens is 1. The Kier molecular flexibility index (Phi) is 2.26. The quantitative estimate of drug-likeness (QED) is 0.817. The number of rotatable bonds is 2. The number of aryl methyl sites for hydroxylation is 1. The van der Waals surface area contributed by atoms with Crippen molar-refractivity contribution in [2.75, 3.05) is 5.32 Å². The van der Waals surface area contributed by atoms with Gasteiger partial charge in [0.05, 0.1) is 5.52 Å². The molecule has 2 rings (SSSR count). The predicted octanol–water partition coefficient (Wildman–Crippen LogP) is 1.95. The molecule has 0 saturated carbocycles. The zero-order valence-corrected chi connectivity index (χ0v) is 9.07. The van der Waals surface area contributed by atoms with Gasteiger partial charge in [-0.2, -0.15) is 0 Å². The molecule has 0 fully saturated rings. The Morgan fingerprint density at radius 2 is 2.13 bits per heavy atom. The summed E-state index contributed by atoms with van der Waals surface area (Å²) in [4.78, 5) is 11.2. The lowest BCUT2D eigenvalue weighted by Crippen LogP contribution is -2.10. The van der Waals surface area contributed by atoms with E-state index in [1.807, 2.05) is 12.1 Å². The average Bonchev–Trinajstić information content (AvgIpc) is 2.43. The van der Waals surface area contributed by atoms with E-state index in [0.717, 1.165) is 11.2 Å². The Hall–Kier alpha value is -1.71. The standard InChI is InChI=1S/C11H14N2O2/c1-7(2)12-8-4-5-10-9(6-8)13(3)11(14)15-10/h4-7,12H,1-3H3. The first-order valence-electron chi connectivity index (χ1n) is 4.94. The van der Waals surface area contributed by atoms with E-state index in [2.05, 4.69) is 19.2 Å². The molecule has 1 aromatic carbocycles. The van der Waals surface area contributed by atoms with Crippen LogP contribution in [0.15, 0.2) is 27.4 Å². The van der Waals surface area contributed by atoms with Crippen LogP contribution in [-0.2, 0) is 7.05 Å². The van der Waals surface area contributed by atoms with Crippen LogP contribution in [0.25, 0.3) is 11.1 Å². The summed E-state index contributed by atoms with van der Waals surface area (Å²) >= 11 is 0. The van der Waals surface area contributed by atoms with E-state index in [9.17, 15) is 4.79 Å². The molecule has 0 bridgehead atoms. The molecule has 1 N–H and O–H groups in total. The number of anilines is 1. The summed E-state index contributed by atoms with van der Waals surface area (Å²) in [6, 6.07) is 6.00. The van der Waals surface area contributed by atoms with Crippen molar-refractivity contribution in [1.82, 2.24) is 4.57 Å². The van der Waals surface area contributed by atoms with E-state index in [4.69, 9.17) is 4.42 Å². The Morgan fingerprint density at radius 1 is 1.40 bits per heavy atom. The van der Waals surface area contributed by atoms with Crippen LogP contribution in [0.1, 0.15) is 13.8 Å². The first-order valence-corrected chi connectivity index (χ1v) is 4.94. The number of hydrogen-bond acceptors (Lipinski definition) is 3. The van der Waals surface area contributed by atoms with Gasteiger partial charge < -0.3 is 9.73 Å². The van der Waals surface area contributed by atoms with Crippen molar-refractivity contribution in [2.45, 2.75) is 19.9 Å². The summed E-state index contributed by atoms with van der Waals surface area (Å²) in [6.07, 6.45) is 0. The van der Waals surface area contributed by atoms with Crippen molar-refractivity contribution < 1.29 is 4.42 Å². The van der Waals surface area contributed by atoms with Crippen LogP contribution < -0.4 is 11.1 Å². The summed E-state index contributed by atoms with van der Waals surface area (Å²) in [6.45, 7) is 4.14. The monoisotopic (exact) mass is 206 g/mol. The lowest BCUT2D eigenvalue weighted by molar-refractivity contribution is 0.528. The number of benzene rings is 1. The molecular weight excluding hydrogens is 192 g/mol. The van der Waals surface area contributed by atoms with Crippen molar-refractivity contribution in [3.8, 4) is 0 Å². The number of hydrogen-bond donors (Lipinski definition) is 1. The number of fused-ring (bicyclic) bond motifs is 1. The second-order valence-electron chi connectivity index (χ2n) is 3.91. The maximum Gasteiger partial charge on any atom is 0.419 e. The second kappa shape index (κ2) is 3.46. The molecule has 1 aromatic heterocycles. The van der Waals surface area contributed by atoms with E-state index in [0.29, 0.717) is 11.6 Å². The predicted molar refractivity (Wildman–Crippen MR) is 60.2 cm³/mol. The minimum absolute atomic E-state index is 0.327. The van der Waals surface area contributed by atoms with Crippen LogP contribution in [0.2, 0.25) is 0 Å². The molecule has 2 aromatic rings. The third kappa shape index (κ3) is 1.75. The summed E-state index contributed by atoms with van der Waals surface area (Å²) in [5, 5.41) is 3.28. The molecule has 0 radical (unpaired) electrons. The van der Waals surface area contributed by atoms with Gasteiger partial charge in [0.2, 0.25) is 0 Å². The zero-order chi connectivity index (χ0) is 11.0. The molecule has 0 spiro atoms. The van der Waals surface area contributed by atoms with Gasteiger partial charge in [-0.1, -0.05) is 0 Å². The van der Waals surface area contributed by atoms with Crippen molar-refractivity contribution in [3.63, 3.8) is 0 Å². The highest BCUT2D eigenvalue weighted by Crippen LogP contribution is 2.18. The maximum absolute atomic E-state index is 11.2. The molecule has 0 aliphatic heterocycles. The molecule has 0 aliphatic rings. The summed E-state index contributed by atoms with van der Waals surface area (Å²) in [5.41, 5.74) is 2.43. The zero-order valence-electron chi connectivity index (χ0n) is 9.07. The molecule has 15 heavy (non-hydrogen) atoms. The average molecular weight is 206 g/mol. The van der Waals surface area contributed by atoms with Crippen LogP contribution in [0, 0.1) is 0 Å². The minimum atomic E-state index is -0.327. The van der Waals surface area contributed by atoms with Crippen LogP contribution in [-0.4, -0.2) is 10.6 Å². The number of nitrogens with zero attached hydrogens (tertiary/aromatic N) is 1. The Bertz CT molecular complexity index is 537. The van der Waals surface area contributed by atoms with Gasteiger partial charge >= 0.3 is 5.76 Å². The first-order chi connectivity index (χ1) is 7.08. The lowest BCUT2D eigenvalue weighted by Gasteiger charge is -2.09. The largest absolute Gasteiger partial charge is 0.419 e. The molecule has 0 atom stereocenters. The second-order valence-corrected chi connectivity index (χ2v) is 3.91. The molecule has 4 nitrogen and oxygen atoms in total. The number of nitrogens with one attached hydrogen (secondary N) is 1. The summed E-state index contributed by atoms with van der Waals surface area (Å²) in [5.74, 6) is -0.327. The molecule has 4 heteroatoms. The molecule has 80 valence electrons. The van der Waals surface area contributed by atoms with Crippen molar-refractivity contribution in [2.24, 2.45) is 7.05 Å². The highest BCUT2D eigenvalue weighted by molar-refractivity contribution is 5.77. The Balaban J connectivity index is 2.54. The fraction of sp³-hybridized carbons (Fsp3) is 0.364. The van der Waals surface area contributed by atoms with Crippen molar-refractivity contribution >= 4 is 16.8 Å². The van der Waals surface area contributed by atoms with Crippen LogP contribution in [0.5, 0.6) is 0 Å². The van der Waals surface area contributed by atoms with E-state index in [1.165, 1.54) is 4.57 Å². The summed E-state index contributed by atoms with van der Waals surface area (Å²) < 4.78 is 6.54. The fourth-order valence-electron chi connectivity index (χ4n) is 1.55. The highest BCUT2D eigenvalue weighted by Gasteiger charge is 2.06. The van der Waals surface area contributed by atoms with Gasteiger partial charge in [0.1, 0.15) is 0 Å². The van der Waals surface area contributed by atoms with E-state index < -0.39 is 0 Å². The van der Waals surface area contributed by atoms with Gasteiger partial charge in [-0.15, -0.1) is 0 Å². The van der Waals surface area contributed by atoms with E-state index in [1.54, 1.807) is 13.1 Å². The van der Waals surface area contributed by atoms with Crippen LogP contribution >= 0.6 is 0 Å². The fourth-order valence-corrected chi connectivity index (χ4v) is 1.55. The molecule has 0 saturated heterocycles. The molecule has 0 aliphatic carbocycles. The number of oxazole rings is 1. The third-order valence-electron chi connectivity index (χ3n) is 2.25. The highest BCUT2D eigenvalue weighted by atomic mass is 16.4. The molecule has 0 amide bonds. The third-order valence-corrected chi connectivity index (χ3v) is 2.25. The van der Waals surface area contributed by atoms with Gasteiger partial charge in [-0.05, 0) is 32.0 Å². The first kappa shape index (κ1) is 9.83. The molecule has 0 unspecified atom stereocenters. The smallest absolute Gasteiger partial charge is 0.408 e. The molecular formula is C11H14N2O2. The minimum Gasteiger partial charge on any atom is -0.408 e. The normalized spacial score (nSPS) is 11.2.